The van der Waals surface area contributed by atoms with E-state index in [0.29, 0.717) is 23.6 Å². The second-order valence-electron chi connectivity index (χ2n) is 7.84. The fourth-order valence-electron chi connectivity index (χ4n) is 2.79. The van der Waals surface area contributed by atoms with E-state index in [-0.39, 0.29) is 0 Å². The van der Waals surface area contributed by atoms with Gasteiger partial charge in [-0.25, -0.2) is 14.4 Å². The number of nitrogens with one attached hydrogen (secondary N) is 1. The van der Waals surface area contributed by atoms with Gasteiger partial charge < -0.3 is 20.4 Å². The first kappa shape index (κ1) is 20.4. The molecule has 0 radical (unpaired) electrons. The maximum atomic E-state index is 15.1. The fraction of sp³-hybridized carbons (Fsp3) is 0.400. The van der Waals surface area contributed by atoms with E-state index in [9.17, 15) is 0 Å². The van der Waals surface area contributed by atoms with E-state index in [0.717, 1.165) is 11.4 Å². The molecule has 1 aromatic carbocycles. The molecule has 0 saturated carbocycles. The molecule has 2 heterocycles. The van der Waals surface area contributed by atoms with Gasteiger partial charge in [0, 0.05) is 18.4 Å². The second-order valence-corrected chi connectivity index (χ2v) is 7.84. The largest absolute Gasteiger partial charge is 0.525 e. The van der Waals surface area contributed by atoms with Gasteiger partial charge in [-0.1, -0.05) is 12.1 Å². The Morgan fingerprint density at radius 1 is 1.18 bits per heavy atom. The van der Waals surface area contributed by atoms with Crippen LogP contribution in [0.2, 0.25) is 0 Å². The zero-order valence-electron chi connectivity index (χ0n) is 16.9. The van der Waals surface area contributed by atoms with E-state index >= 15 is 4.39 Å². The molecule has 0 spiro atoms. The molecule has 3 rings (SSSR count). The van der Waals surface area contributed by atoms with Crippen molar-refractivity contribution in [2.45, 2.75) is 52.4 Å². The Balaban J connectivity index is 1.83. The Kier molecular flexibility index (Phi) is 5.56. The molecule has 1 aromatic heterocycles. The Labute approximate surface area is 165 Å². The number of hydrogen-bond acceptors (Lipinski definition) is 6. The van der Waals surface area contributed by atoms with Crippen molar-refractivity contribution in [3.8, 4) is 0 Å². The van der Waals surface area contributed by atoms with E-state index in [4.69, 9.17) is 15.0 Å². The molecule has 1 saturated heterocycles. The van der Waals surface area contributed by atoms with Crippen molar-refractivity contribution in [3.63, 3.8) is 0 Å². The van der Waals surface area contributed by atoms with Gasteiger partial charge in [-0.2, -0.15) is 0 Å². The van der Waals surface area contributed by atoms with Gasteiger partial charge in [0.1, 0.15) is 5.73 Å². The van der Waals surface area contributed by atoms with Crippen LogP contribution in [-0.4, -0.2) is 28.3 Å². The Bertz CT molecular complexity index is 885. The predicted molar refractivity (Wildman–Crippen MR) is 109 cm³/mol. The predicted octanol–water partition coefficient (Wildman–Crippen LogP) is 4.01. The smallest absolute Gasteiger partial charge is 0.398 e. The molecule has 1 aliphatic rings. The van der Waals surface area contributed by atoms with Crippen molar-refractivity contribution in [1.29, 1.82) is 0 Å². The fourth-order valence-corrected chi connectivity index (χ4v) is 2.79. The molecule has 28 heavy (non-hydrogen) atoms. The molecule has 0 aliphatic carbocycles. The van der Waals surface area contributed by atoms with Gasteiger partial charge in [0.2, 0.25) is 5.95 Å². The number of nitrogens with zero attached hydrogens (tertiary/aromatic N) is 2. The average molecular weight is 384 g/mol. The number of benzene rings is 1. The van der Waals surface area contributed by atoms with Crippen LogP contribution >= 0.6 is 0 Å². The van der Waals surface area contributed by atoms with Crippen LogP contribution in [0.3, 0.4) is 0 Å². The minimum atomic E-state index is -1.02. The summed E-state index contributed by atoms with van der Waals surface area (Å²) in [6, 6.07) is 9.13. The van der Waals surface area contributed by atoms with Crippen LogP contribution in [0, 0.1) is 0 Å². The highest BCUT2D eigenvalue weighted by molar-refractivity contribution is 6.55. The van der Waals surface area contributed by atoms with Crippen molar-refractivity contribution in [1.82, 2.24) is 9.97 Å². The summed E-state index contributed by atoms with van der Waals surface area (Å²) in [6.07, 6.45) is 1.64. The molecule has 3 N–H and O–H groups in total. The molecule has 0 bridgehead atoms. The molecule has 6 nitrogen and oxygen atoms in total. The number of nitrogens with two attached hydrogens (primary N) is 1. The summed E-state index contributed by atoms with van der Waals surface area (Å²) >= 11 is 0. The third-order valence-corrected chi connectivity index (χ3v) is 5.29. The number of aromatic nitrogens is 2. The lowest BCUT2D eigenvalue weighted by Crippen LogP contribution is -2.41. The van der Waals surface area contributed by atoms with Gasteiger partial charge in [0.15, 0.2) is 0 Å². The molecule has 0 unspecified atom stereocenters. The molecule has 0 amide bonds. The van der Waals surface area contributed by atoms with Gasteiger partial charge in [-0.15, -0.1) is 0 Å². The Morgan fingerprint density at radius 3 is 2.50 bits per heavy atom. The monoisotopic (exact) mass is 384 g/mol. The molecular formula is C20H26BFN4O2. The highest BCUT2D eigenvalue weighted by atomic mass is 19.1. The Hall–Kier alpha value is -2.29. The van der Waals surface area contributed by atoms with Gasteiger partial charge >= 0.3 is 7.12 Å². The van der Waals surface area contributed by atoms with E-state index in [1.165, 1.54) is 0 Å². The maximum absolute atomic E-state index is 15.1. The molecule has 1 aliphatic heterocycles. The summed E-state index contributed by atoms with van der Waals surface area (Å²) in [5.41, 5.74) is 6.65. The second kappa shape index (κ2) is 7.62. The number of allylic oxidation sites excluding steroid dienone is 1. The zero-order valence-corrected chi connectivity index (χ0v) is 16.9. The van der Waals surface area contributed by atoms with Crippen LogP contribution in [0.4, 0.5) is 16.0 Å². The van der Waals surface area contributed by atoms with Gasteiger partial charge in [0.25, 0.3) is 0 Å². The first-order valence-electron chi connectivity index (χ1n) is 9.24. The standard InChI is InChI=1S/C20H26BFN4O2/c1-13(17(22)21-27-19(2,3)20(4,5)28-21)14-7-6-8-15(11-14)25-18-24-10-9-16(12-23)26-18/h6-11H,12,23H2,1-5H3,(H,24,25,26). The highest BCUT2D eigenvalue weighted by Crippen LogP contribution is 2.40. The summed E-state index contributed by atoms with van der Waals surface area (Å²) in [5.74, 6) is 0.438. The number of anilines is 2. The van der Waals surface area contributed by atoms with Crippen LogP contribution in [0.15, 0.2) is 42.3 Å². The molecule has 0 atom stereocenters. The quantitative estimate of drug-likeness (QED) is 0.758. The average Bonchev–Trinajstić information content (AvgIpc) is 2.88. The van der Waals surface area contributed by atoms with Crippen LogP contribution in [0.1, 0.15) is 45.9 Å². The third kappa shape index (κ3) is 4.09. The van der Waals surface area contributed by atoms with Crippen LogP contribution in [0.25, 0.3) is 5.57 Å². The number of hydrogen-bond donors (Lipinski definition) is 2. The SMILES string of the molecule is CC(=C(F)B1OC(C)(C)C(C)(C)O1)c1cccc(Nc2nccc(CN)n2)c1. The van der Waals surface area contributed by atoms with E-state index in [2.05, 4.69) is 15.3 Å². The summed E-state index contributed by atoms with van der Waals surface area (Å²) in [5, 5.41) is 3.12. The normalized spacial score (nSPS) is 18.8. The first-order valence-corrected chi connectivity index (χ1v) is 9.24. The molecule has 148 valence electrons. The van der Waals surface area contributed by atoms with Crippen LogP contribution < -0.4 is 11.1 Å². The lowest BCUT2D eigenvalue weighted by Gasteiger charge is -2.32. The maximum Gasteiger partial charge on any atom is 0.525 e. The zero-order chi connectivity index (χ0) is 20.5. The van der Waals surface area contributed by atoms with Gasteiger partial charge in [-0.05, 0) is 64.0 Å². The highest BCUT2D eigenvalue weighted by Gasteiger charge is 2.53. The lowest BCUT2D eigenvalue weighted by atomic mass is 9.83. The van der Waals surface area contributed by atoms with Crippen LogP contribution in [-0.2, 0) is 15.9 Å². The van der Waals surface area contributed by atoms with Crippen molar-refractivity contribution in [2.75, 3.05) is 5.32 Å². The van der Waals surface area contributed by atoms with Crippen molar-refractivity contribution in [3.05, 3.63) is 53.5 Å². The minimum Gasteiger partial charge on any atom is -0.398 e. The van der Waals surface area contributed by atoms with E-state index in [1.54, 1.807) is 19.2 Å². The molecule has 1 fully saturated rings. The van der Waals surface area contributed by atoms with Crippen LogP contribution in [0.5, 0.6) is 0 Å². The Morgan fingerprint density at radius 2 is 1.86 bits per heavy atom. The van der Waals surface area contributed by atoms with Crippen molar-refractivity contribution >= 4 is 24.3 Å². The molecule has 2 aromatic rings. The van der Waals surface area contributed by atoms with Crippen molar-refractivity contribution < 1.29 is 13.7 Å². The minimum absolute atomic E-state index is 0.332. The van der Waals surface area contributed by atoms with Crippen molar-refractivity contribution in [2.24, 2.45) is 5.73 Å². The first-order chi connectivity index (χ1) is 13.1. The van der Waals surface area contributed by atoms with Gasteiger partial charge in [0.05, 0.1) is 16.9 Å². The number of halogens is 1. The van der Waals surface area contributed by atoms with E-state index < -0.39 is 24.0 Å². The van der Waals surface area contributed by atoms with Gasteiger partial charge in [-0.3, -0.25) is 0 Å². The summed E-state index contributed by atoms with van der Waals surface area (Å²) in [7, 11) is -1.02. The summed E-state index contributed by atoms with van der Waals surface area (Å²) < 4.78 is 26.7. The topological polar surface area (TPSA) is 82.3 Å². The third-order valence-electron chi connectivity index (χ3n) is 5.29. The van der Waals surface area contributed by atoms with E-state index in [1.807, 2.05) is 52.0 Å². The molecule has 8 heteroatoms. The summed E-state index contributed by atoms with van der Waals surface area (Å²) in [6.45, 7) is 9.64. The lowest BCUT2D eigenvalue weighted by molar-refractivity contribution is 0.00578. The number of rotatable bonds is 5. The molecular weight excluding hydrogens is 358 g/mol. The summed E-state index contributed by atoms with van der Waals surface area (Å²) in [4.78, 5) is 8.50.